The van der Waals surface area contributed by atoms with E-state index in [0.717, 1.165) is 9.80 Å². The zero-order valence-electron chi connectivity index (χ0n) is 56.8. The molecule has 0 fully saturated rings. The van der Waals surface area contributed by atoms with Gasteiger partial charge in [-0.1, -0.05) is 0 Å². The number of hydrogen-bond donors (Lipinski definition) is 12. The minimum Gasteiger partial charge on any atom is -0.448 e. The van der Waals surface area contributed by atoms with Gasteiger partial charge in [0.1, 0.15) is 66.1 Å². The predicted molar refractivity (Wildman–Crippen MR) is 339 cm³/mol. The molecule has 101 heavy (non-hydrogen) atoms. The van der Waals surface area contributed by atoms with Crippen molar-refractivity contribution in [2.45, 2.75) is 0 Å². The second kappa shape index (κ2) is 71.8. The molecular weight excluding hydrogens is 1370 g/mol. The Hall–Kier alpha value is -7.98. The van der Waals surface area contributed by atoms with Gasteiger partial charge in [0.05, 0.1) is 172 Å². The average Bonchev–Trinajstić information content (AvgIpc) is 1.16. The normalized spacial score (nSPS) is 10.7. The average molecular weight is 1480 g/mol. The molecule has 47 heteroatoms. The molecule has 0 saturated carbocycles. The van der Waals surface area contributed by atoms with Crippen LogP contribution in [0.3, 0.4) is 0 Å². The first kappa shape index (κ1) is 93.0. The molecule has 0 heterocycles. The van der Waals surface area contributed by atoms with Crippen molar-refractivity contribution in [3.8, 4) is 0 Å². The monoisotopic (exact) mass is 1480 g/mol. The zero-order valence-corrected chi connectivity index (χ0v) is 56.8. The first-order valence-corrected chi connectivity index (χ1v) is 31.8. The number of hydrogen-bond acceptors (Lipinski definition) is 37. The maximum absolute atomic E-state index is 13.2. The van der Waals surface area contributed by atoms with Crippen molar-refractivity contribution in [2.24, 2.45) is 23.6 Å². The summed E-state index contributed by atoms with van der Waals surface area (Å²) in [5.74, 6) is 19.6. The number of amides is 10. The highest BCUT2D eigenvalue weighted by Crippen LogP contribution is 2.00. The van der Waals surface area contributed by atoms with Gasteiger partial charge in [0.25, 0.3) is 0 Å². The molecule has 16 N–H and O–H groups in total. The van der Waals surface area contributed by atoms with Gasteiger partial charge < -0.3 is 162 Å². The Morgan fingerprint density at radius 1 is 0.188 bits per heavy atom. The maximum atomic E-state index is 13.2. The first-order valence-electron chi connectivity index (χ1n) is 31.8. The number of rotatable bonds is 66. The van der Waals surface area contributed by atoms with E-state index in [9.17, 15) is 47.9 Å². The van der Waals surface area contributed by atoms with Crippen molar-refractivity contribution in [3.63, 3.8) is 0 Å². The van der Waals surface area contributed by atoms with Crippen LogP contribution in [0.1, 0.15) is 0 Å². The third-order valence-electron chi connectivity index (χ3n) is 11.2. The van der Waals surface area contributed by atoms with Gasteiger partial charge >= 0.3 is 60.9 Å². The minimum absolute atomic E-state index is 0.0364. The number of carbonyl (C=O) groups is 10. The zero-order chi connectivity index (χ0) is 74.0. The molecule has 0 aliphatic heterocycles. The van der Waals surface area contributed by atoms with Gasteiger partial charge in [-0.15, -0.1) is 0 Å². The number of carbonyl (C=O) groups excluding carboxylic acids is 10. The van der Waals surface area contributed by atoms with Gasteiger partial charge in [-0.3, -0.25) is 0 Å². The van der Waals surface area contributed by atoms with E-state index < -0.39 is 60.9 Å². The number of ether oxygens (including phenoxy) is 19. The topological polar surface area (TPSA) is 590 Å². The molecule has 0 aliphatic rings. The van der Waals surface area contributed by atoms with E-state index in [1.807, 2.05) is 0 Å². The smallest absolute Gasteiger partial charge is 0.410 e. The van der Waals surface area contributed by atoms with Crippen LogP contribution in [0.25, 0.3) is 0 Å². The Labute approximate surface area is 582 Å². The predicted octanol–water partition coefficient (Wildman–Crippen LogP) is -4.62. The summed E-state index contributed by atoms with van der Waals surface area (Å²) in [6.45, 7) is 0.432. The molecule has 0 saturated heterocycles. The van der Waals surface area contributed by atoms with Crippen molar-refractivity contribution in [2.75, 3.05) is 290 Å². The van der Waals surface area contributed by atoms with Crippen LogP contribution in [0, 0.1) is 0 Å². The first-order chi connectivity index (χ1) is 49.3. The second-order valence-electron chi connectivity index (χ2n) is 18.7. The summed E-state index contributed by atoms with van der Waals surface area (Å²) in [5.41, 5.74) is 0. The molecule has 0 atom stereocenters. The van der Waals surface area contributed by atoms with Gasteiger partial charge in [0.2, 0.25) is 0 Å². The van der Waals surface area contributed by atoms with Crippen molar-refractivity contribution in [1.29, 1.82) is 0 Å². The molecule has 0 aromatic heterocycles. The van der Waals surface area contributed by atoms with Gasteiger partial charge in [-0.2, -0.15) is 0 Å². The van der Waals surface area contributed by atoms with Crippen LogP contribution >= 0.6 is 0 Å². The van der Waals surface area contributed by atoms with Crippen LogP contribution in [-0.4, -0.2) is 361 Å². The Morgan fingerprint density at radius 3 is 0.495 bits per heavy atom. The summed E-state index contributed by atoms with van der Waals surface area (Å²) in [4.78, 5) is 144. The Morgan fingerprint density at radius 2 is 0.327 bits per heavy atom. The number of nitrogens with two attached hydrogens (primary N) is 4. The number of nitrogens with one attached hydrogen (secondary N) is 8. The minimum atomic E-state index is -0.943. The van der Waals surface area contributed by atoms with Crippen LogP contribution < -0.4 is 66.1 Å². The van der Waals surface area contributed by atoms with Gasteiger partial charge in [0.15, 0.2) is 0 Å². The highest BCUT2D eigenvalue weighted by Gasteiger charge is 2.20. The molecule has 0 rings (SSSR count). The van der Waals surface area contributed by atoms with E-state index in [4.69, 9.17) is 114 Å². The molecular formula is C54H104N14O33. The van der Waals surface area contributed by atoms with Gasteiger partial charge in [0, 0.05) is 52.4 Å². The van der Waals surface area contributed by atoms with Crippen LogP contribution in [0.15, 0.2) is 0 Å². The molecule has 0 bridgehead atoms. The lowest BCUT2D eigenvalue weighted by Gasteiger charge is -2.22. The van der Waals surface area contributed by atoms with Gasteiger partial charge in [-0.05, 0) is 0 Å². The molecule has 0 aromatic carbocycles. The Balaban J connectivity index is 5.27. The lowest BCUT2D eigenvalue weighted by molar-refractivity contribution is 0.00544. The molecule has 0 aliphatic carbocycles. The van der Waals surface area contributed by atoms with E-state index in [2.05, 4.69) is 61.9 Å². The van der Waals surface area contributed by atoms with Crippen molar-refractivity contribution >= 4 is 60.9 Å². The fraction of sp³-hybridized carbons (Fsp3) is 0.815. The molecule has 47 nitrogen and oxygen atoms in total. The van der Waals surface area contributed by atoms with Crippen LogP contribution in [0.4, 0.5) is 47.9 Å². The summed E-state index contributed by atoms with van der Waals surface area (Å²) in [6, 6.07) is 0. The van der Waals surface area contributed by atoms with Crippen LogP contribution in [0.2, 0.25) is 0 Å². The molecule has 0 unspecified atom stereocenters. The van der Waals surface area contributed by atoms with E-state index in [1.165, 1.54) is 0 Å². The molecule has 588 valence electrons. The SMILES string of the molecule is NOCCOCCOCCOC(=O)NCCNC(=O)OCCN(CCOC(=O)NCCNC(=O)OCCOCCOCCON)C(=O)OCCOCCOC(=O)N(CCOC(=O)NCCNC(=O)OCCOCCOCCON)CCOC(=O)NCCNC(=O)OCCOCCOCCON. The number of nitrogens with zero attached hydrogens (tertiary/aromatic N) is 2. The van der Waals surface area contributed by atoms with Gasteiger partial charge in [-0.25, -0.2) is 71.5 Å². The lowest BCUT2D eigenvalue weighted by Crippen LogP contribution is -2.41. The maximum Gasteiger partial charge on any atom is 0.410 e. The fourth-order valence-electron chi connectivity index (χ4n) is 6.46. The molecule has 0 spiro atoms. The molecule has 0 aromatic rings. The molecule has 0 radical (unpaired) electrons. The summed E-state index contributed by atoms with van der Waals surface area (Å²) >= 11 is 0. The highest BCUT2D eigenvalue weighted by molar-refractivity contribution is 5.71. The van der Waals surface area contributed by atoms with E-state index in [-0.39, 0.29) is 264 Å². The van der Waals surface area contributed by atoms with Crippen LogP contribution in [-0.2, 0) is 109 Å². The summed E-state index contributed by atoms with van der Waals surface area (Å²) in [7, 11) is 0. The standard InChI is InChI=1S/C54H104N14O33/c55-98-41-31-83-21-17-79-25-35-92-49(73)63-5-1-59-45(69)88-13-9-67(10-14-89-46(70)60-2-6-64-50(74)93-36-26-80-18-22-84-32-42-99-56)53(77)96-39-29-87-30-40-97-54(78)68(11-15-90-47(71)61-3-7-65-51(75)94-37-27-81-19-23-85-33-43-100-57)12-16-91-48(72)62-4-8-66-52(76)95-38-28-82-20-24-86-34-44-101-58/h1-44,55-58H2,(H,59,69)(H,60,70)(H,61,71)(H,62,72)(H,63,73)(H,64,74)(H,65,75)(H,66,76). The van der Waals surface area contributed by atoms with Crippen molar-refractivity contribution < 1.29 is 157 Å². The highest BCUT2D eigenvalue weighted by atomic mass is 16.7. The van der Waals surface area contributed by atoms with Crippen molar-refractivity contribution in [3.05, 3.63) is 0 Å². The summed E-state index contributed by atoms with van der Waals surface area (Å²) in [5, 5.41) is 19.4. The summed E-state index contributed by atoms with van der Waals surface area (Å²) < 4.78 is 98.6. The third-order valence-corrected chi connectivity index (χ3v) is 11.2. The number of alkyl carbamates (subject to hydrolysis) is 8. The van der Waals surface area contributed by atoms with E-state index in [1.54, 1.807) is 0 Å². The second-order valence-corrected chi connectivity index (χ2v) is 18.7. The third kappa shape index (κ3) is 66.3. The van der Waals surface area contributed by atoms with E-state index >= 15 is 0 Å². The van der Waals surface area contributed by atoms with Crippen molar-refractivity contribution in [1.82, 2.24) is 52.3 Å². The van der Waals surface area contributed by atoms with E-state index in [0.29, 0.717) is 26.4 Å². The largest absolute Gasteiger partial charge is 0.448 e. The Bertz CT molecular complexity index is 1860. The van der Waals surface area contributed by atoms with Crippen LogP contribution in [0.5, 0.6) is 0 Å². The Kier molecular flexibility index (Phi) is 66.2. The fourth-order valence-corrected chi connectivity index (χ4v) is 6.46. The molecule has 10 amide bonds. The summed E-state index contributed by atoms with van der Waals surface area (Å²) in [6.07, 6.45) is -8.57. The quantitative estimate of drug-likeness (QED) is 0.0155. The lowest BCUT2D eigenvalue weighted by atomic mass is 10.5.